The number of hydrogen-bond acceptors (Lipinski definition) is 5. The van der Waals surface area contributed by atoms with Crippen molar-refractivity contribution in [3.05, 3.63) is 34.9 Å². The normalized spacial score (nSPS) is 26.2. The van der Waals surface area contributed by atoms with Crippen molar-refractivity contribution in [2.75, 3.05) is 19.6 Å². The van der Waals surface area contributed by atoms with E-state index in [2.05, 4.69) is 16.3 Å². The predicted octanol–water partition coefficient (Wildman–Crippen LogP) is 1.01. The van der Waals surface area contributed by atoms with Gasteiger partial charge in [-0.05, 0) is 55.5 Å². The van der Waals surface area contributed by atoms with E-state index in [1.165, 1.54) is 24.8 Å². The van der Waals surface area contributed by atoms with Gasteiger partial charge < -0.3 is 10.6 Å². The number of amides is 3. The van der Waals surface area contributed by atoms with Gasteiger partial charge in [-0.1, -0.05) is 18.6 Å². The number of carbonyl (C=O) groups is 3. The molecule has 2 saturated heterocycles. The highest BCUT2D eigenvalue weighted by Crippen LogP contribution is 2.29. The van der Waals surface area contributed by atoms with E-state index in [1.54, 1.807) is 4.90 Å². The van der Waals surface area contributed by atoms with E-state index in [0.717, 1.165) is 31.7 Å². The lowest BCUT2D eigenvalue weighted by molar-refractivity contribution is -0.136. The minimum Gasteiger partial charge on any atom is -0.330 e. The van der Waals surface area contributed by atoms with Crippen LogP contribution < -0.4 is 11.1 Å². The largest absolute Gasteiger partial charge is 0.330 e. The Kier molecular flexibility index (Phi) is 5.46. The molecule has 0 aromatic heterocycles. The van der Waals surface area contributed by atoms with Crippen LogP contribution in [0, 0.1) is 5.92 Å². The number of nitrogens with zero attached hydrogens (tertiary/aromatic N) is 2. The second kappa shape index (κ2) is 8.01. The number of likely N-dealkylation sites (tertiary alicyclic amines) is 1. The summed E-state index contributed by atoms with van der Waals surface area (Å²) in [6.07, 6.45) is 4.30. The average molecular weight is 384 g/mol. The molecule has 0 radical (unpaired) electrons. The SMILES string of the molecule is NCC1CCCCN(Cc2ccc3c(c2)CN(C2CCC(=O)NC2=O)C3=O)C1. The second-order valence-electron chi connectivity index (χ2n) is 8.22. The molecular formula is C21H28N4O3. The molecule has 0 aliphatic carbocycles. The Bertz CT molecular complexity index is 794. The number of imide groups is 1. The number of rotatable bonds is 4. The Balaban J connectivity index is 1.46. The molecule has 1 aromatic carbocycles. The summed E-state index contributed by atoms with van der Waals surface area (Å²) in [7, 11) is 0. The molecule has 1 aromatic rings. The van der Waals surface area contributed by atoms with E-state index < -0.39 is 6.04 Å². The first-order chi connectivity index (χ1) is 13.5. The van der Waals surface area contributed by atoms with Crippen molar-refractivity contribution in [1.82, 2.24) is 15.1 Å². The maximum absolute atomic E-state index is 12.8. The Morgan fingerprint density at radius 2 is 2.00 bits per heavy atom. The van der Waals surface area contributed by atoms with Gasteiger partial charge in [-0.25, -0.2) is 0 Å². The third-order valence-electron chi connectivity index (χ3n) is 6.18. The molecule has 3 aliphatic rings. The van der Waals surface area contributed by atoms with Crippen molar-refractivity contribution in [1.29, 1.82) is 0 Å². The molecule has 7 heteroatoms. The molecule has 2 unspecified atom stereocenters. The van der Waals surface area contributed by atoms with E-state index in [9.17, 15) is 14.4 Å². The maximum atomic E-state index is 12.8. The van der Waals surface area contributed by atoms with Gasteiger partial charge in [0.25, 0.3) is 5.91 Å². The van der Waals surface area contributed by atoms with E-state index >= 15 is 0 Å². The van der Waals surface area contributed by atoms with Gasteiger partial charge in [0.1, 0.15) is 6.04 Å². The summed E-state index contributed by atoms with van der Waals surface area (Å²) in [6.45, 7) is 4.12. The summed E-state index contributed by atoms with van der Waals surface area (Å²) in [5.41, 5.74) is 8.73. The molecule has 7 nitrogen and oxygen atoms in total. The third-order valence-corrected chi connectivity index (χ3v) is 6.18. The van der Waals surface area contributed by atoms with E-state index in [4.69, 9.17) is 5.73 Å². The zero-order valence-corrected chi connectivity index (χ0v) is 16.2. The summed E-state index contributed by atoms with van der Waals surface area (Å²) in [5.74, 6) is -0.188. The Morgan fingerprint density at radius 1 is 1.14 bits per heavy atom. The van der Waals surface area contributed by atoms with Crippen LogP contribution in [0.1, 0.15) is 53.6 Å². The summed E-state index contributed by atoms with van der Waals surface area (Å²) >= 11 is 0. The number of hydrogen-bond donors (Lipinski definition) is 2. The summed E-state index contributed by atoms with van der Waals surface area (Å²) in [5, 5.41) is 2.35. The van der Waals surface area contributed by atoms with Gasteiger partial charge >= 0.3 is 0 Å². The molecule has 3 heterocycles. The summed E-state index contributed by atoms with van der Waals surface area (Å²) in [6, 6.07) is 5.45. The number of carbonyl (C=O) groups excluding carboxylic acids is 3. The van der Waals surface area contributed by atoms with Crippen molar-refractivity contribution in [3.8, 4) is 0 Å². The van der Waals surface area contributed by atoms with Crippen LogP contribution in [0.25, 0.3) is 0 Å². The monoisotopic (exact) mass is 384 g/mol. The number of benzene rings is 1. The van der Waals surface area contributed by atoms with Gasteiger partial charge in [-0.15, -0.1) is 0 Å². The zero-order valence-electron chi connectivity index (χ0n) is 16.2. The standard InChI is InChI=1S/C21H28N4O3/c22-10-15-3-1-2-8-24(12-15)11-14-4-5-17-16(9-14)13-25(21(17)28)18-6-7-19(26)23-20(18)27/h4-5,9,15,18H,1-3,6-8,10-13,22H2,(H,23,26,27). The van der Waals surface area contributed by atoms with Crippen molar-refractivity contribution < 1.29 is 14.4 Å². The first kappa shape index (κ1) is 19.1. The van der Waals surface area contributed by atoms with Gasteiger partial charge in [0, 0.05) is 31.6 Å². The van der Waals surface area contributed by atoms with Gasteiger partial charge in [-0.3, -0.25) is 24.6 Å². The topological polar surface area (TPSA) is 95.7 Å². The fraction of sp³-hybridized carbons (Fsp3) is 0.571. The van der Waals surface area contributed by atoms with Gasteiger partial charge in [0.05, 0.1) is 0 Å². The van der Waals surface area contributed by atoms with Crippen LogP contribution in [-0.4, -0.2) is 53.2 Å². The lowest BCUT2D eigenvalue weighted by Crippen LogP contribution is -2.52. The second-order valence-corrected chi connectivity index (χ2v) is 8.22. The molecule has 2 fully saturated rings. The zero-order chi connectivity index (χ0) is 19.7. The van der Waals surface area contributed by atoms with Crippen LogP contribution in [-0.2, 0) is 22.7 Å². The molecular weight excluding hydrogens is 356 g/mol. The Labute approximate surface area is 165 Å². The van der Waals surface area contributed by atoms with Crippen LogP contribution in [0.4, 0.5) is 0 Å². The molecule has 3 aliphatic heterocycles. The molecule has 0 saturated carbocycles. The predicted molar refractivity (Wildman–Crippen MR) is 104 cm³/mol. The van der Waals surface area contributed by atoms with Crippen molar-refractivity contribution in [2.45, 2.75) is 51.2 Å². The van der Waals surface area contributed by atoms with Crippen LogP contribution >= 0.6 is 0 Å². The van der Waals surface area contributed by atoms with Gasteiger partial charge in [0.2, 0.25) is 11.8 Å². The number of fused-ring (bicyclic) bond motifs is 1. The first-order valence-electron chi connectivity index (χ1n) is 10.2. The Morgan fingerprint density at radius 3 is 2.79 bits per heavy atom. The van der Waals surface area contributed by atoms with E-state index in [0.29, 0.717) is 24.4 Å². The van der Waals surface area contributed by atoms with Crippen molar-refractivity contribution in [3.63, 3.8) is 0 Å². The smallest absolute Gasteiger partial charge is 0.255 e. The number of nitrogens with one attached hydrogen (secondary N) is 1. The molecule has 0 spiro atoms. The van der Waals surface area contributed by atoms with Gasteiger partial charge in [0.15, 0.2) is 0 Å². The maximum Gasteiger partial charge on any atom is 0.255 e. The molecule has 3 amide bonds. The van der Waals surface area contributed by atoms with E-state index in [1.807, 2.05) is 12.1 Å². The minimum atomic E-state index is -0.558. The van der Waals surface area contributed by atoms with Crippen LogP contribution in [0.5, 0.6) is 0 Å². The number of piperidine rings is 1. The molecule has 150 valence electrons. The summed E-state index contributed by atoms with van der Waals surface area (Å²) < 4.78 is 0. The number of nitrogens with two attached hydrogens (primary N) is 1. The average Bonchev–Trinajstić information content (AvgIpc) is 2.85. The fourth-order valence-electron chi connectivity index (χ4n) is 4.64. The van der Waals surface area contributed by atoms with Crippen LogP contribution in [0.15, 0.2) is 18.2 Å². The lowest BCUT2D eigenvalue weighted by Gasteiger charge is -2.29. The third kappa shape index (κ3) is 3.82. The van der Waals surface area contributed by atoms with Crippen molar-refractivity contribution >= 4 is 17.7 Å². The lowest BCUT2D eigenvalue weighted by atomic mass is 10.0. The quantitative estimate of drug-likeness (QED) is 0.756. The van der Waals surface area contributed by atoms with E-state index in [-0.39, 0.29) is 24.1 Å². The Hall–Kier alpha value is -2.25. The van der Waals surface area contributed by atoms with Gasteiger partial charge in [-0.2, -0.15) is 0 Å². The minimum absolute atomic E-state index is 0.117. The molecule has 0 bridgehead atoms. The highest BCUT2D eigenvalue weighted by atomic mass is 16.2. The van der Waals surface area contributed by atoms with Crippen LogP contribution in [0.2, 0.25) is 0 Å². The first-order valence-corrected chi connectivity index (χ1v) is 10.2. The molecule has 28 heavy (non-hydrogen) atoms. The molecule has 4 rings (SSSR count). The fourth-order valence-corrected chi connectivity index (χ4v) is 4.64. The highest BCUT2D eigenvalue weighted by molar-refractivity contribution is 6.05. The van der Waals surface area contributed by atoms with Crippen molar-refractivity contribution in [2.24, 2.45) is 11.7 Å². The highest BCUT2D eigenvalue weighted by Gasteiger charge is 2.39. The van der Waals surface area contributed by atoms with Crippen LogP contribution in [0.3, 0.4) is 0 Å². The molecule has 3 N–H and O–H groups in total. The molecule has 2 atom stereocenters. The summed E-state index contributed by atoms with van der Waals surface area (Å²) in [4.78, 5) is 40.4.